The van der Waals surface area contributed by atoms with Gasteiger partial charge in [0.25, 0.3) is 0 Å². The number of benzene rings is 1. The van der Waals surface area contributed by atoms with Gasteiger partial charge in [-0.1, -0.05) is 6.07 Å². The Morgan fingerprint density at radius 1 is 1.53 bits per heavy atom. The fourth-order valence-corrected chi connectivity index (χ4v) is 1.35. The van der Waals surface area contributed by atoms with E-state index in [0.29, 0.717) is 5.69 Å². The van der Waals surface area contributed by atoms with Gasteiger partial charge >= 0.3 is 6.09 Å². The fraction of sp³-hybridized carbons (Fsp3) is 0. The van der Waals surface area contributed by atoms with E-state index in [1.807, 2.05) is 0 Å². The van der Waals surface area contributed by atoms with E-state index in [9.17, 15) is 9.18 Å². The van der Waals surface area contributed by atoms with Crippen LogP contribution in [0.3, 0.4) is 0 Å². The third-order valence-corrected chi connectivity index (χ3v) is 2.06. The topological polar surface area (TPSA) is 93.2 Å². The molecule has 88 valence electrons. The summed E-state index contributed by atoms with van der Waals surface area (Å²) in [6.45, 7) is 0. The quantitative estimate of drug-likeness (QED) is 0.739. The molecule has 4 N–H and O–H groups in total. The van der Waals surface area contributed by atoms with Gasteiger partial charge in [0.1, 0.15) is 11.5 Å². The number of nitrogens with one attached hydrogen (secondary N) is 1. The van der Waals surface area contributed by atoms with Crippen LogP contribution in [0.4, 0.5) is 20.7 Å². The Labute approximate surface area is 95.5 Å². The number of anilines is 2. The lowest BCUT2D eigenvalue weighted by Gasteiger charge is -1.99. The van der Waals surface area contributed by atoms with Crippen LogP contribution in [0, 0.1) is 5.82 Å². The molecule has 1 heterocycles. The Morgan fingerprint density at radius 3 is 2.94 bits per heavy atom. The van der Waals surface area contributed by atoms with Crippen LogP contribution >= 0.6 is 0 Å². The summed E-state index contributed by atoms with van der Waals surface area (Å²) in [5.41, 5.74) is 6.12. The Hall–Kier alpha value is -2.57. The predicted octanol–water partition coefficient (Wildman–Crippen LogP) is 1.68. The number of halogens is 1. The van der Waals surface area contributed by atoms with Crippen LogP contribution in [-0.4, -0.2) is 21.0 Å². The highest BCUT2D eigenvalue weighted by molar-refractivity contribution is 5.86. The standard InChI is InChI=1S/C10H9FN4O2/c11-6-2-1-3-7(4-6)15-5-8(9(12)14-15)13-10(16)17/h1-5,13H,(H2,12,14)(H,16,17). The molecular weight excluding hydrogens is 227 g/mol. The summed E-state index contributed by atoms with van der Waals surface area (Å²) in [5.74, 6) is -0.388. The lowest BCUT2D eigenvalue weighted by molar-refractivity contribution is 0.210. The molecule has 0 atom stereocenters. The normalized spacial score (nSPS) is 10.2. The first-order valence-electron chi connectivity index (χ1n) is 4.67. The second kappa shape index (κ2) is 4.12. The van der Waals surface area contributed by atoms with Gasteiger partial charge in [-0.3, -0.25) is 5.32 Å². The molecule has 0 radical (unpaired) electrons. The molecule has 0 aliphatic rings. The Balaban J connectivity index is 2.37. The van der Waals surface area contributed by atoms with Gasteiger partial charge in [-0.05, 0) is 18.2 Å². The molecule has 0 fully saturated rings. The van der Waals surface area contributed by atoms with Gasteiger partial charge < -0.3 is 10.8 Å². The number of nitrogens with zero attached hydrogens (tertiary/aromatic N) is 2. The van der Waals surface area contributed by atoms with E-state index in [0.717, 1.165) is 0 Å². The zero-order chi connectivity index (χ0) is 12.4. The third-order valence-electron chi connectivity index (χ3n) is 2.06. The van der Waals surface area contributed by atoms with Crippen molar-refractivity contribution in [3.05, 3.63) is 36.3 Å². The molecule has 0 saturated carbocycles. The van der Waals surface area contributed by atoms with E-state index < -0.39 is 11.9 Å². The molecular formula is C10H9FN4O2. The Bertz CT molecular complexity index is 567. The maximum atomic E-state index is 13.0. The van der Waals surface area contributed by atoms with Gasteiger partial charge in [0, 0.05) is 0 Å². The number of nitrogen functional groups attached to an aromatic ring is 1. The number of carbonyl (C=O) groups is 1. The molecule has 1 amide bonds. The van der Waals surface area contributed by atoms with Gasteiger partial charge in [-0.25, -0.2) is 13.9 Å². The van der Waals surface area contributed by atoms with Crippen molar-refractivity contribution in [3.63, 3.8) is 0 Å². The van der Waals surface area contributed by atoms with Crippen LogP contribution in [0.2, 0.25) is 0 Å². The average Bonchev–Trinajstić information content (AvgIpc) is 2.59. The van der Waals surface area contributed by atoms with Crippen molar-refractivity contribution in [1.82, 2.24) is 9.78 Å². The molecule has 0 aliphatic carbocycles. The number of amides is 1. The molecule has 6 nitrogen and oxygen atoms in total. The summed E-state index contributed by atoms with van der Waals surface area (Å²) in [5, 5.41) is 14.5. The van der Waals surface area contributed by atoms with Crippen molar-refractivity contribution in [2.75, 3.05) is 11.1 Å². The molecule has 2 rings (SSSR count). The second-order valence-electron chi connectivity index (χ2n) is 3.28. The molecule has 17 heavy (non-hydrogen) atoms. The maximum Gasteiger partial charge on any atom is 0.409 e. The highest BCUT2D eigenvalue weighted by atomic mass is 19.1. The van der Waals surface area contributed by atoms with E-state index in [4.69, 9.17) is 10.8 Å². The maximum absolute atomic E-state index is 13.0. The van der Waals surface area contributed by atoms with E-state index in [2.05, 4.69) is 10.4 Å². The van der Waals surface area contributed by atoms with Crippen LogP contribution in [-0.2, 0) is 0 Å². The first kappa shape index (κ1) is 10.9. The fourth-order valence-electron chi connectivity index (χ4n) is 1.35. The summed E-state index contributed by atoms with van der Waals surface area (Å²) in [7, 11) is 0. The van der Waals surface area contributed by atoms with Crippen molar-refractivity contribution in [2.45, 2.75) is 0 Å². The SMILES string of the molecule is Nc1nn(-c2cccc(F)c2)cc1NC(=O)O. The largest absolute Gasteiger partial charge is 0.465 e. The first-order valence-corrected chi connectivity index (χ1v) is 4.67. The van der Waals surface area contributed by atoms with Crippen molar-refractivity contribution < 1.29 is 14.3 Å². The number of aromatic nitrogens is 2. The summed E-state index contributed by atoms with van der Waals surface area (Å²) in [6.07, 6.45) is 0.133. The molecule has 1 aromatic heterocycles. The van der Waals surface area contributed by atoms with E-state index in [-0.39, 0.29) is 11.5 Å². The Kier molecular flexibility index (Phi) is 2.65. The van der Waals surface area contributed by atoms with E-state index in [1.54, 1.807) is 6.07 Å². The monoisotopic (exact) mass is 236 g/mol. The number of rotatable bonds is 2. The number of nitrogens with two attached hydrogens (primary N) is 1. The molecule has 0 unspecified atom stereocenters. The summed E-state index contributed by atoms with van der Waals surface area (Å²) < 4.78 is 14.3. The lowest BCUT2D eigenvalue weighted by atomic mass is 10.3. The molecule has 0 saturated heterocycles. The van der Waals surface area contributed by atoms with Gasteiger partial charge in [-0.2, -0.15) is 0 Å². The third kappa shape index (κ3) is 2.33. The zero-order valence-electron chi connectivity index (χ0n) is 8.59. The molecule has 7 heteroatoms. The van der Waals surface area contributed by atoms with Crippen molar-refractivity contribution in [2.24, 2.45) is 0 Å². The second-order valence-corrected chi connectivity index (χ2v) is 3.28. The number of hydrogen-bond acceptors (Lipinski definition) is 3. The van der Waals surface area contributed by atoms with Crippen molar-refractivity contribution >= 4 is 17.6 Å². The molecule has 2 aromatic rings. The smallest absolute Gasteiger partial charge is 0.409 e. The molecule has 0 spiro atoms. The first-order chi connectivity index (χ1) is 8.06. The molecule has 0 aliphatic heterocycles. The van der Waals surface area contributed by atoms with Crippen LogP contribution < -0.4 is 11.1 Å². The summed E-state index contributed by atoms with van der Waals surface area (Å²) >= 11 is 0. The zero-order valence-corrected chi connectivity index (χ0v) is 8.59. The lowest BCUT2D eigenvalue weighted by Crippen LogP contribution is -2.07. The van der Waals surface area contributed by atoms with Crippen molar-refractivity contribution in [3.8, 4) is 5.69 Å². The van der Waals surface area contributed by atoms with Crippen molar-refractivity contribution in [1.29, 1.82) is 0 Å². The van der Waals surface area contributed by atoms with Crippen LogP contribution in [0.5, 0.6) is 0 Å². The van der Waals surface area contributed by atoms with E-state index in [1.165, 1.54) is 29.1 Å². The van der Waals surface area contributed by atoms with Crippen LogP contribution in [0.25, 0.3) is 5.69 Å². The Morgan fingerprint density at radius 2 is 2.29 bits per heavy atom. The van der Waals surface area contributed by atoms with E-state index >= 15 is 0 Å². The number of hydrogen-bond donors (Lipinski definition) is 3. The average molecular weight is 236 g/mol. The highest BCUT2D eigenvalue weighted by Crippen LogP contribution is 2.19. The minimum atomic E-state index is -1.24. The summed E-state index contributed by atoms with van der Waals surface area (Å²) in [6, 6.07) is 5.71. The number of carboxylic acid groups (broad SMARTS) is 1. The van der Waals surface area contributed by atoms with Crippen LogP contribution in [0.1, 0.15) is 0 Å². The van der Waals surface area contributed by atoms with Gasteiger partial charge in [-0.15, -0.1) is 5.10 Å². The minimum Gasteiger partial charge on any atom is -0.465 e. The minimum absolute atomic E-state index is 0.0247. The van der Waals surface area contributed by atoms with Crippen LogP contribution in [0.15, 0.2) is 30.5 Å². The molecule has 0 bridgehead atoms. The highest BCUT2D eigenvalue weighted by Gasteiger charge is 2.09. The van der Waals surface area contributed by atoms with Gasteiger partial charge in [0.15, 0.2) is 5.82 Å². The molecule has 1 aromatic carbocycles. The predicted molar refractivity (Wildman–Crippen MR) is 59.6 cm³/mol. The summed E-state index contributed by atoms with van der Waals surface area (Å²) in [4.78, 5) is 10.5. The van der Waals surface area contributed by atoms with Gasteiger partial charge in [0.2, 0.25) is 0 Å². The van der Waals surface area contributed by atoms with Gasteiger partial charge in [0.05, 0.1) is 11.9 Å².